The minimum absolute atomic E-state index is 0. The van der Waals surface area contributed by atoms with E-state index < -0.39 is 23.8 Å². The fourth-order valence-electron chi connectivity index (χ4n) is 2.47. The number of rotatable bonds is 2. The Morgan fingerprint density at radius 2 is 1.13 bits per heavy atom. The summed E-state index contributed by atoms with van der Waals surface area (Å²) in [6.07, 6.45) is 0. The number of benzene rings is 2. The normalized spacial score (nSPS) is 12.0. The second kappa shape index (κ2) is 7.95. The Bertz CT molecular complexity index is 810. The molecule has 0 atom stereocenters. The number of carbonyl (C=O) groups is 4. The molecule has 2 amide bonds. The van der Waals surface area contributed by atoms with Crippen LogP contribution in [0.2, 0.25) is 0 Å². The van der Waals surface area contributed by atoms with Crippen LogP contribution >= 0.6 is 0 Å². The van der Waals surface area contributed by atoms with E-state index in [2.05, 4.69) is 5.32 Å². The second-order valence-electron chi connectivity index (χ2n) is 4.46. The van der Waals surface area contributed by atoms with Gasteiger partial charge in [0.15, 0.2) is 0 Å². The van der Waals surface area contributed by atoms with Crippen molar-refractivity contribution in [2.75, 3.05) is 0 Å². The number of carbonyl (C=O) groups excluding carboxylic acids is 2. The van der Waals surface area contributed by atoms with E-state index >= 15 is 0 Å². The molecule has 0 spiro atoms. The maximum Gasteiger partial charge on any atom is 1.00 e. The van der Waals surface area contributed by atoms with Crippen molar-refractivity contribution >= 4 is 34.5 Å². The van der Waals surface area contributed by atoms with E-state index in [9.17, 15) is 29.4 Å². The maximum absolute atomic E-state index is 11.8. The van der Waals surface area contributed by atoms with E-state index in [0.29, 0.717) is 0 Å². The van der Waals surface area contributed by atoms with E-state index in [1.54, 1.807) is 0 Å². The monoisotopic (exact) mass is 363 g/mol. The zero-order chi connectivity index (χ0) is 15.3. The topological polar surface area (TPSA) is 121 Å². The van der Waals surface area contributed by atoms with Crippen LogP contribution in [-0.2, 0) is 0 Å². The van der Waals surface area contributed by atoms with Gasteiger partial charge < -0.3 is 10.2 Å². The van der Waals surface area contributed by atoms with Crippen LogP contribution in [0.5, 0.6) is 0 Å². The van der Waals surface area contributed by atoms with E-state index in [4.69, 9.17) is 0 Å². The molecule has 0 bridgehead atoms. The first-order chi connectivity index (χ1) is 9.91. The minimum atomic E-state index is -1.33. The van der Waals surface area contributed by atoms with Crippen LogP contribution in [0.3, 0.4) is 0 Å². The molecule has 23 heavy (non-hydrogen) atoms. The van der Waals surface area contributed by atoms with Gasteiger partial charge in [0.1, 0.15) is 0 Å². The number of hydrogen-bond donors (Lipinski definition) is 3. The summed E-state index contributed by atoms with van der Waals surface area (Å²) in [5.74, 6) is -4.03. The first-order valence-electron chi connectivity index (χ1n) is 5.84. The second-order valence-corrected chi connectivity index (χ2v) is 4.46. The van der Waals surface area contributed by atoms with E-state index in [1.807, 2.05) is 0 Å². The SMILES string of the molecule is O=C(O)c1ccc2c3c(ccc(C(=O)O)c13)C(=O)NC2=O.[K+].[K+]. The van der Waals surface area contributed by atoms with E-state index in [0.717, 1.165) is 12.1 Å². The third-order valence-electron chi connectivity index (χ3n) is 3.34. The minimum Gasteiger partial charge on any atom is -0.478 e. The van der Waals surface area contributed by atoms with Crippen LogP contribution in [-0.4, -0.2) is 34.0 Å². The van der Waals surface area contributed by atoms with Crippen LogP contribution in [0.1, 0.15) is 41.4 Å². The Morgan fingerprint density at radius 3 is 1.48 bits per heavy atom. The van der Waals surface area contributed by atoms with Crippen molar-refractivity contribution in [3.63, 3.8) is 0 Å². The van der Waals surface area contributed by atoms with Crippen LogP contribution < -0.4 is 108 Å². The smallest absolute Gasteiger partial charge is 0.478 e. The predicted molar refractivity (Wildman–Crippen MR) is 69.7 cm³/mol. The van der Waals surface area contributed by atoms with Crippen LogP contribution in [0.25, 0.3) is 10.8 Å². The van der Waals surface area contributed by atoms with Gasteiger partial charge in [-0.2, -0.15) is 0 Å². The fraction of sp³-hybridized carbons (Fsp3) is 0. The first-order valence-corrected chi connectivity index (χ1v) is 5.84. The largest absolute Gasteiger partial charge is 1.00 e. The molecule has 1 aliphatic rings. The van der Waals surface area contributed by atoms with Crippen molar-refractivity contribution in [3.05, 3.63) is 46.5 Å². The summed E-state index contributed by atoms with van der Waals surface area (Å²) in [6, 6.07) is 4.85. The number of carboxylic acid groups (broad SMARTS) is 2. The molecule has 1 aliphatic heterocycles. The van der Waals surface area contributed by atoms with Gasteiger partial charge in [-0.25, -0.2) is 9.59 Å². The molecule has 0 radical (unpaired) electrons. The Morgan fingerprint density at radius 1 is 0.739 bits per heavy atom. The van der Waals surface area contributed by atoms with Crippen molar-refractivity contribution < 1.29 is 132 Å². The van der Waals surface area contributed by atoms with Crippen molar-refractivity contribution in [2.24, 2.45) is 0 Å². The molecule has 0 fully saturated rings. The van der Waals surface area contributed by atoms with Crippen LogP contribution in [0.15, 0.2) is 24.3 Å². The van der Waals surface area contributed by atoms with Crippen molar-refractivity contribution in [1.82, 2.24) is 5.32 Å². The van der Waals surface area contributed by atoms with Gasteiger partial charge in [0.25, 0.3) is 11.8 Å². The van der Waals surface area contributed by atoms with Gasteiger partial charge in [-0.3, -0.25) is 14.9 Å². The Kier molecular flexibility index (Phi) is 7.30. The van der Waals surface area contributed by atoms with Crippen molar-refractivity contribution in [3.8, 4) is 0 Å². The number of hydrogen-bond acceptors (Lipinski definition) is 4. The molecule has 0 aromatic heterocycles. The Hall–Kier alpha value is 0.0527. The first kappa shape index (κ1) is 21.1. The molecule has 0 saturated heterocycles. The van der Waals surface area contributed by atoms with Crippen LogP contribution in [0.4, 0.5) is 0 Å². The van der Waals surface area contributed by atoms with E-state index in [1.165, 1.54) is 12.1 Å². The molecule has 2 aromatic carbocycles. The summed E-state index contributed by atoms with van der Waals surface area (Å²) >= 11 is 0. The average Bonchev–Trinajstić information content (AvgIpc) is 2.43. The third kappa shape index (κ3) is 3.54. The summed E-state index contributed by atoms with van der Waals surface area (Å²) in [7, 11) is 0. The van der Waals surface area contributed by atoms with Gasteiger partial charge in [-0.15, -0.1) is 0 Å². The number of carboxylic acids is 2. The predicted octanol–water partition coefficient (Wildman–Crippen LogP) is -4.87. The molecule has 7 nitrogen and oxygen atoms in total. The van der Waals surface area contributed by atoms with Crippen molar-refractivity contribution in [2.45, 2.75) is 0 Å². The number of nitrogens with one attached hydrogen (secondary N) is 1. The van der Waals surface area contributed by atoms with Gasteiger partial charge in [-0.1, -0.05) is 0 Å². The van der Waals surface area contributed by atoms with Crippen molar-refractivity contribution in [1.29, 1.82) is 0 Å². The summed E-state index contributed by atoms with van der Waals surface area (Å²) in [5, 5.41) is 20.5. The molecule has 104 valence electrons. The molecular weight excluding hydrogens is 356 g/mol. The number of amides is 2. The quantitative estimate of drug-likeness (QED) is 0.363. The standard InChI is InChI=1S/C14H7NO6.2K/c16-11-5-1-3-7(13(18)19)10-8(14(20)21)4-2-6(9(5)10)12(17)15-11;;/h1-4H,(H,18,19)(H,20,21)(H,15,16,17);;/q;2*+1. The van der Waals surface area contributed by atoms with E-state index in [-0.39, 0.29) is 136 Å². The third-order valence-corrected chi connectivity index (χ3v) is 3.34. The Balaban J connectivity index is 0.00000132. The molecule has 3 N–H and O–H groups in total. The fourth-order valence-corrected chi connectivity index (χ4v) is 2.47. The molecule has 0 unspecified atom stereocenters. The van der Waals surface area contributed by atoms with Gasteiger partial charge >= 0.3 is 115 Å². The molecule has 3 rings (SSSR count). The average molecular weight is 363 g/mol. The van der Waals surface area contributed by atoms with Gasteiger partial charge in [0.05, 0.1) is 11.1 Å². The molecule has 0 aliphatic carbocycles. The number of imide groups is 1. The maximum atomic E-state index is 11.8. The van der Waals surface area contributed by atoms with Crippen LogP contribution in [0, 0.1) is 0 Å². The van der Waals surface area contributed by atoms with Gasteiger partial charge in [-0.05, 0) is 24.3 Å². The summed E-state index contributed by atoms with van der Waals surface area (Å²) in [5.41, 5.74) is -0.383. The molecular formula is C14H7K2NO6+2. The summed E-state index contributed by atoms with van der Waals surface area (Å²) in [4.78, 5) is 46.2. The zero-order valence-electron chi connectivity index (χ0n) is 12.3. The summed E-state index contributed by atoms with van der Waals surface area (Å²) in [6.45, 7) is 0. The number of aromatic carboxylic acids is 2. The van der Waals surface area contributed by atoms with Gasteiger partial charge in [0.2, 0.25) is 0 Å². The van der Waals surface area contributed by atoms with Gasteiger partial charge in [0, 0.05) is 21.9 Å². The molecule has 1 heterocycles. The Labute approximate surface area is 214 Å². The molecule has 0 saturated carbocycles. The summed E-state index contributed by atoms with van der Waals surface area (Å²) < 4.78 is 0. The molecule has 9 heteroatoms. The zero-order valence-corrected chi connectivity index (χ0v) is 18.6. The molecule has 2 aromatic rings.